The van der Waals surface area contributed by atoms with Crippen LogP contribution >= 0.6 is 11.9 Å². The van der Waals surface area contributed by atoms with E-state index in [0.717, 1.165) is 28.1 Å². The Hall–Kier alpha value is -3.13. The van der Waals surface area contributed by atoms with Crippen molar-refractivity contribution < 1.29 is 19.1 Å². The van der Waals surface area contributed by atoms with Crippen molar-refractivity contribution in [2.75, 3.05) is 18.5 Å². The summed E-state index contributed by atoms with van der Waals surface area (Å²) < 4.78 is 11.6. The van der Waals surface area contributed by atoms with Crippen molar-refractivity contribution in [3.05, 3.63) is 72.3 Å². The summed E-state index contributed by atoms with van der Waals surface area (Å²) in [5, 5.41) is 4.51. The van der Waals surface area contributed by atoms with E-state index < -0.39 is 18.4 Å². The topological polar surface area (TPSA) is 71.1 Å². The van der Waals surface area contributed by atoms with Crippen LogP contribution in [0.5, 0.6) is 0 Å². The van der Waals surface area contributed by atoms with Crippen LogP contribution in [0.1, 0.15) is 19.4 Å². The molecule has 0 saturated heterocycles. The Balaban J connectivity index is 2.02. The maximum atomic E-state index is 12.7. The van der Waals surface area contributed by atoms with Crippen molar-refractivity contribution in [2.24, 2.45) is 0 Å². The first-order chi connectivity index (χ1) is 14.1. The van der Waals surface area contributed by atoms with Crippen molar-refractivity contribution in [1.29, 1.82) is 0 Å². The molecule has 1 N–H and O–H groups in total. The van der Waals surface area contributed by atoms with E-state index in [1.54, 1.807) is 13.8 Å². The molecule has 0 aliphatic carbocycles. The van der Waals surface area contributed by atoms with Crippen molar-refractivity contribution in [3.63, 3.8) is 0 Å². The fourth-order valence-corrected chi connectivity index (χ4v) is 3.74. The maximum absolute atomic E-state index is 12.7. The summed E-state index contributed by atoms with van der Waals surface area (Å²) in [5.74, 6) is 0. The molecule has 1 unspecified atom stereocenters. The molecule has 0 radical (unpaired) electrons. The number of hydrogen-bond acceptors (Lipinski definition) is 6. The number of hydrazine groups is 1. The van der Waals surface area contributed by atoms with Gasteiger partial charge < -0.3 is 14.8 Å². The lowest BCUT2D eigenvalue weighted by atomic mass is 10.2. The Kier molecular flexibility index (Phi) is 7.02. The summed E-state index contributed by atoms with van der Waals surface area (Å²) in [4.78, 5) is 26.2. The third kappa shape index (κ3) is 5.03. The van der Waals surface area contributed by atoms with Gasteiger partial charge in [-0.3, -0.25) is 0 Å². The van der Waals surface area contributed by atoms with Gasteiger partial charge in [0, 0.05) is 22.5 Å². The Morgan fingerprint density at radius 2 is 1.52 bits per heavy atom. The number of anilines is 1. The Labute approximate surface area is 174 Å². The number of hydrogen-bond donors (Lipinski definition) is 1. The van der Waals surface area contributed by atoms with E-state index >= 15 is 0 Å². The van der Waals surface area contributed by atoms with Crippen LogP contribution in [0.15, 0.2) is 66.7 Å². The van der Waals surface area contributed by atoms with Gasteiger partial charge >= 0.3 is 12.2 Å². The lowest BCUT2D eigenvalue weighted by molar-refractivity contribution is 0.0212. The van der Waals surface area contributed by atoms with Crippen molar-refractivity contribution >= 4 is 34.7 Å². The van der Waals surface area contributed by atoms with Gasteiger partial charge in [-0.25, -0.2) is 9.59 Å². The lowest BCUT2D eigenvalue weighted by Crippen LogP contribution is -2.55. The van der Waals surface area contributed by atoms with E-state index in [-0.39, 0.29) is 13.2 Å². The monoisotopic (exact) mass is 413 g/mol. The molecule has 2 aromatic carbocycles. The first kappa shape index (κ1) is 20.6. The Morgan fingerprint density at radius 3 is 2.14 bits per heavy atom. The summed E-state index contributed by atoms with van der Waals surface area (Å²) in [6.07, 6.45) is -0.0614. The predicted molar refractivity (Wildman–Crippen MR) is 114 cm³/mol. The summed E-state index contributed by atoms with van der Waals surface area (Å²) in [5.41, 5.74) is 1.72. The molecule has 1 aliphatic rings. The average Bonchev–Trinajstić information content (AvgIpc) is 2.75. The number of nitrogens with zero attached hydrogens (tertiary/aromatic N) is 2. The van der Waals surface area contributed by atoms with E-state index in [0.29, 0.717) is 0 Å². The SMILES string of the molecule is CCOC(=O)N1SC(c2ccccc2)=CC(Nc2ccccc2)N1C(=O)OCC. The highest BCUT2D eigenvalue weighted by molar-refractivity contribution is 8.06. The highest BCUT2D eigenvalue weighted by Crippen LogP contribution is 2.38. The van der Waals surface area contributed by atoms with Gasteiger partial charge in [-0.05, 0) is 37.6 Å². The van der Waals surface area contributed by atoms with Crippen LogP contribution < -0.4 is 5.32 Å². The highest BCUT2D eigenvalue weighted by Gasteiger charge is 2.39. The molecular weight excluding hydrogens is 390 g/mol. The number of nitrogens with one attached hydrogen (secondary N) is 1. The van der Waals surface area contributed by atoms with Gasteiger partial charge in [0.15, 0.2) is 0 Å². The molecule has 7 nitrogen and oxygen atoms in total. The summed E-state index contributed by atoms with van der Waals surface area (Å²) in [6.45, 7) is 3.81. The molecule has 2 aromatic rings. The van der Waals surface area contributed by atoms with Crippen molar-refractivity contribution in [1.82, 2.24) is 9.42 Å². The van der Waals surface area contributed by atoms with Gasteiger partial charge in [0.25, 0.3) is 0 Å². The van der Waals surface area contributed by atoms with Crippen LogP contribution in [0, 0.1) is 0 Å². The second kappa shape index (κ2) is 9.88. The van der Waals surface area contributed by atoms with E-state index in [1.807, 2.05) is 66.7 Å². The predicted octanol–water partition coefficient (Wildman–Crippen LogP) is 4.96. The van der Waals surface area contributed by atoms with E-state index in [4.69, 9.17) is 9.47 Å². The first-order valence-corrected chi connectivity index (χ1v) is 10.1. The molecular formula is C21H23N3O4S. The van der Waals surface area contributed by atoms with Crippen LogP contribution in [-0.2, 0) is 9.47 Å². The number of rotatable bonds is 5. The largest absolute Gasteiger partial charge is 0.448 e. The average molecular weight is 413 g/mol. The molecule has 1 heterocycles. The molecule has 29 heavy (non-hydrogen) atoms. The highest BCUT2D eigenvalue weighted by atomic mass is 32.2. The minimum atomic E-state index is -0.655. The van der Waals surface area contributed by atoms with E-state index in [2.05, 4.69) is 5.32 Å². The van der Waals surface area contributed by atoms with E-state index in [1.165, 1.54) is 9.42 Å². The smallest absolute Gasteiger partial charge is 0.440 e. The number of carbonyl (C=O) groups excluding carboxylic acids is 2. The fraction of sp³-hybridized carbons (Fsp3) is 0.238. The zero-order valence-electron chi connectivity index (χ0n) is 16.3. The number of carbonyl (C=O) groups is 2. The Bertz CT molecular complexity index is 861. The number of ether oxygens (including phenoxy) is 2. The number of amides is 2. The minimum Gasteiger partial charge on any atom is -0.448 e. The van der Waals surface area contributed by atoms with Gasteiger partial charge in [0.2, 0.25) is 0 Å². The van der Waals surface area contributed by atoms with Crippen molar-refractivity contribution in [3.8, 4) is 0 Å². The lowest BCUT2D eigenvalue weighted by Gasteiger charge is -2.40. The van der Waals surface area contributed by atoms with Crippen LogP contribution in [-0.4, -0.2) is 41.0 Å². The molecule has 0 spiro atoms. The molecule has 8 heteroatoms. The quantitative estimate of drug-likeness (QED) is 0.699. The number of para-hydroxylation sites is 1. The van der Waals surface area contributed by atoms with Crippen LogP contribution in [0.3, 0.4) is 0 Å². The van der Waals surface area contributed by atoms with Gasteiger partial charge in [0.1, 0.15) is 6.17 Å². The van der Waals surface area contributed by atoms with Crippen LogP contribution in [0.4, 0.5) is 15.3 Å². The molecule has 0 bridgehead atoms. The molecule has 2 amide bonds. The molecule has 1 aliphatic heterocycles. The van der Waals surface area contributed by atoms with Gasteiger partial charge in [-0.2, -0.15) is 5.01 Å². The standard InChI is InChI=1S/C21H23N3O4S/c1-3-27-20(25)23-19(22-17-13-9-6-10-14-17)15-18(16-11-7-5-8-12-16)29-24(23)21(26)28-4-2/h5-15,19,22H,3-4H2,1-2H3. The Morgan fingerprint density at radius 1 is 0.931 bits per heavy atom. The van der Waals surface area contributed by atoms with E-state index in [9.17, 15) is 9.59 Å². The molecule has 0 fully saturated rings. The molecule has 152 valence electrons. The van der Waals surface area contributed by atoms with Crippen molar-refractivity contribution in [2.45, 2.75) is 20.0 Å². The fourth-order valence-electron chi connectivity index (χ4n) is 2.74. The third-order valence-electron chi connectivity index (χ3n) is 3.98. The molecule has 0 saturated carbocycles. The molecule has 3 rings (SSSR count). The molecule has 0 aromatic heterocycles. The van der Waals surface area contributed by atoms with Gasteiger partial charge in [0.05, 0.1) is 13.2 Å². The first-order valence-electron chi connectivity index (χ1n) is 9.33. The minimum absolute atomic E-state index is 0.185. The third-order valence-corrected chi connectivity index (χ3v) is 5.05. The molecule has 1 atom stereocenters. The number of benzene rings is 2. The maximum Gasteiger partial charge on any atom is 0.440 e. The second-order valence-corrected chi connectivity index (χ2v) is 6.93. The van der Waals surface area contributed by atoms with Gasteiger partial charge in [-0.1, -0.05) is 48.5 Å². The second-order valence-electron chi connectivity index (χ2n) is 5.96. The summed E-state index contributed by atoms with van der Waals surface area (Å²) in [6, 6.07) is 19.1. The van der Waals surface area contributed by atoms with Crippen LogP contribution in [0.25, 0.3) is 4.91 Å². The zero-order valence-corrected chi connectivity index (χ0v) is 17.1. The zero-order chi connectivity index (χ0) is 20.6. The normalized spacial score (nSPS) is 16.1. The summed E-state index contributed by atoms with van der Waals surface area (Å²) >= 11 is 1.11. The summed E-state index contributed by atoms with van der Waals surface area (Å²) in [7, 11) is 0. The van der Waals surface area contributed by atoms with Gasteiger partial charge in [-0.15, -0.1) is 4.41 Å². The van der Waals surface area contributed by atoms with Crippen LogP contribution in [0.2, 0.25) is 0 Å².